The molecule has 3 heteroatoms. The molecule has 2 saturated heterocycles. The first-order valence-corrected chi connectivity index (χ1v) is 8.36. The van der Waals surface area contributed by atoms with Crippen LogP contribution in [0.2, 0.25) is 0 Å². The molecule has 2 N–H and O–H groups in total. The number of aryl methyl sites for hydroxylation is 1. The minimum absolute atomic E-state index is 0.102. The van der Waals surface area contributed by atoms with E-state index >= 15 is 0 Å². The van der Waals surface area contributed by atoms with Crippen molar-refractivity contribution in [1.29, 1.82) is 0 Å². The summed E-state index contributed by atoms with van der Waals surface area (Å²) < 4.78 is 0. The van der Waals surface area contributed by atoms with E-state index in [1.807, 2.05) is 12.1 Å². The molecule has 2 aliphatic heterocycles. The second-order valence-electron chi connectivity index (χ2n) is 6.86. The fraction of sp³-hybridized carbons (Fsp3) is 0.350. The number of carbonyl (C=O) groups excluding carboxylic acids is 1. The summed E-state index contributed by atoms with van der Waals surface area (Å²) >= 11 is 0. The maximum atomic E-state index is 12.5. The van der Waals surface area contributed by atoms with E-state index in [9.17, 15) is 4.79 Å². The monoisotopic (exact) mass is 306 g/mol. The molecule has 1 aliphatic carbocycles. The van der Waals surface area contributed by atoms with Crippen LogP contribution in [-0.4, -0.2) is 11.8 Å². The van der Waals surface area contributed by atoms with Crippen molar-refractivity contribution in [1.82, 2.24) is 0 Å². The number of hydrogen-bond donors (Lipinski definition) is 1. The molecule has 3 atom stereocenters. The van der Waals surface area contributed by atoms with Crippen LogP contribution < -0.4 is 10.6 Å². The highest BCUT2D eigenvalue weighted by Gasteiger charge is 2.47. The smallest absolute Gasteiger partial charge is 0.140 e. The number of benzene rings is 2. The first kappa shape index (κ1) is 14.3. The Hall–Kier alpha value is -2.29. The third-order valence-electron chi connectivity index (χ3n) is 5.35. The lowest BCUT2D eigenvalue weighted by Gasteiger charge is -2.52. The highest BCUT2D eigenvalue weighted by molar-refractivity contribution is 5.86. The van der Waals surface area contributed by atoms with Gasteiger partial charge in [0.25, 0.3) is 0 Å². The molecule has 2 bridgehead atoms. The van der Waals surface area contributed by atoms with E-state index in [2.05, 4.69) is 48.2 Å². The van der Waals surface area contributed by atoms with E-state index in [1.54, 1.807) is 0 Å². The molecule has 118 valence electrons. The summed E-state index contributed by atoms with van der Waals surface area (Å²) in [7, 11) is 0. The van der Waals surface area contributed by atoms with Gasteiger partial charge in [0.05, 0.1) is 6.04 Å². The molecule has 3 fully saturated rings. The maximum Gasteiger partial charge on any atom is 0.140 e. The summed E-state index contributed by atoms with van der Waals surface area (Å²) in [5, 5.41) is 0. The Morgan fingerprint density at radius 3 is 2.35 bits per heavy atom. The van der Waals surface area contributed by atoms with Crippen LogP contribution in [0.25, 0.3) is 0 Å². The minimum Gasteiger partial charge on any atom is -0.399 e. The summed E-state index contributed by atoms with van der Waals surface area (Å²) in [5.41, 5.74) is 10.3. The van der Waals surface area contributed by atoms with Gasteiger partial charge in [-0.15, -0.1) is 0 Å². The average molecular weight is 306 g/mol. The fourth-order valence-electron chi connectivity index (χ4n) is 4.19. The highest BCUT2D eigenvalue weighted by atomic mass is 16.1. The molecule has 3 aliphatic rings. The van der Waals surface area contributed by atoms with Gasteiger partial charge >= 0.3 is 0 Å². The van der Waals surface area contributed by atoms with Crippen LogP contribution in [0.1, 0.15) is 36.4 Å². The van der Waals surface area contributed by atoms with Crippen molar-refractivity contribution in [3.8, 4) is 0 Å². The van der Waals surface area contributed by atoms with Crippen molar-refractivity contribution >= 4 is 17.2 Å². The van der Waals surface area contributed by atoms with Crippen LogP contribution in [0.15, 0.2) is 48.5 Å². The number of rotatable bonds is 2. The zero-order chi connectivity index (χ0) is 16.0. The zero-order valence-electron chi connectivity index (χ0n) is 13.4. The number of fused-ring (bicyclic) bond motifs is 3. The Labute approximate surface area is 137 Å². The molecule has 0 spiro atoms. The predicted octanol–water partition coefficient (Wildman–Crippen LogP) is 3.88. The largest absolute Gasteiger partial charge is 0.399 e. The average Bonchev–Trinajstić information content (AvgIpc) is 2.56. The molecular weight excluding hydrogens is 284 g/mol. The number of nitrogen functional groups attached to an aromatic ring is 1. The molecule has 5 rings (SSSR count). The fourth-order valence-corrected chi connectivity index (χ4v) is 4.19. The molecule has 0 radical (unpaired) electrons. The van der Waals surface area contributed by atoms with E-state index in [4.69, 9.17) is 5.73 Å². The number of nitrogens with zero attached hydrogens (tertiary/aromatic N) is 1. The third-order valence-corrected chi connectivity index (χ3v) is 5.35. The summed E-state index contributed by atoms with van der Waals surface area (Å²) in [5.74, 6) is 0.524. The molecule has 0 aromatic heterocycles. The summed E-state index contributed by atoms with van der Waals surface area (Å²) in [6.45, 7) is 2.10. The van der Waals surface area contributed by atoms with Gasteiger partial charge in [-0.3, -0.25) is 4.79 Å². The van der Waals surface area contributed by atoms with E-state index in [0.29, 0.717) is 18.2 Å². The van der Waals surface area contributed by atoms with Gasteiger partial charge in [0.2, 0.25) is 0 Å². The number of Topliss-reactive ketones (excluding diaryl/α,β-unsaturated/α-hetero) is 1. The Morgan fingerprint density at radius 2 is 1.70 bits per heavy atom. The van der Waals surface area contributed by atoms with Crippen LogP contribution in [0.4, 0.5) is 11.4 Å². The van der Waals surface area contributed by atoms with Crippen LogP contribution >= 0.6 is 0 Å². The van der Waals surface area contributed by atoms with Gasteiger partial charge in [-0.1, -0.05) is 29.8 Å². The van der Waals surface area contributed by atoms with Crippen molar-refractivity contribution in [2.75, 3.05) is 10.6 Å². The Morgan fingerprint density at radius 1 is 1.00 bits per heavy atom. The lowest BCUT2D eigenvalue weighted by molar-refractivity contribution is -0.128. The molecule has 2 heterocycles. The van der Waals surface area contributed by atoms with Gasteiger partial charge in [0, 0.05) is 29.8 Å². The minimum atomic E-state index is 0.102. The van der Waals surface area contributed by atoms with Gasteiger partial charge in [-0.25, -0.2) is 0 Å². The highest BCUT2D eigenvalue weighted by Crippen LogP contribution is 2.47. The van der Waals surface area contributed by atoms with E-state index in [0.717, 1.165) is 18.5 Å². The van der Waals surface area contributed by atoms with E-state index < -0.39 is 0 Å². The normalized spacial score (nSPS) is 26.6. The van der Waals surface area contributed by atoms with Crippen LogP contribution in [-0.2, 0) is 4.79 Å². The molecule has 3 nitrogen and oxygen atoms in total. The lowest BCUT2D eigenvalue weighted by Crippen LogP contribution is -2.54. The maximum absolute atomic E-state index is 12.5. The number of ketones is 1. The Kier molecular flexibility index (Phi) is 3.37. The summed E-state index contributed by atoms with van der Waals surface area (Å²) in [4.78, 5) is 15.0. The van der Waals surface area contributed by atoms with Crippen molar-refractivity contribution in [3.63, 3.8) is 0 Å². The number of anilines is 2. The molecule has 1 saturated carbocycles. The first-order valence-electron chi connectivity index (χ1n) is 8.36. The molecule has 2 aromatic rings. The molecule has 0 amide bonds. The second-order valence-corrected chi connectivity index (χ2v) is 6.86. The molecular formula is C20H22N2O. The topological polar surface area (TPSA) is 46.3 Å². The van der Waals surface area contributed by atoms with Crippen LogP contribution in [0.5, 0.6) is 0 Å². The van der Waals surface area contributed by atoms with Gasteiger partial charge in [0.15, 0.2) is 0 Å². The number of nitrogens with two attached hydrogens (primary N) is 1. The Bertz CT molecular complexity index is 720. The van der Waals surface area contributed by atoms with Crippen LogP contribution in [0, 0.1) is 12.8 Å². The second kappa shape index (κ2) is 5.41. The van der Waals surface area contributed by atoms with E-state index in [1.165, 1.54) is 16.8 Å². The van der Waals surface area contributed by atoms with Crippen LogP contribution in [0.3, 0.4) is 0 Å². The molecule has 3 unspecified atom stereocenters. The standard InChI is InChI=1S/C20H22N2O/c1-13-2-8-16(9-3-13)22-17-10-11-18(19(23)12-17)20(22)14-4-6-15(21)7-5-14/h2-9,17-18,20H,10-12,21H2,1H3. The van der Waals surface area contributed by atoms with Crippen molar-refractivity contribution in [2.45, 2.75) is 38.3 Å². The van der Waals surface area contributed by atoms with E-state index in [-0.39, 0.29) is 12.0 Å². The summed E-state index contributed by atoms with van der Waals surface area (Å²) in [6.07, 6.45) is 2.79. The zero-order valence-corrected chi connectivity index (χ0v) is 13.4. The number of piperidine rings is 2. The lowest BCUT2D eigenvalue weighted by atomic mass is 9.71. The predicted molar refractivity (Wildman–Crippen MR) is 93.4 cm³/mol. The number of carbonyl (C=O) groups is 1. The van der Waals surface area contributed by atoms with Gasteiger partial charge < -0.3 is 10.6 Å². The molecule has 2 aromatic carbocycles. The SMILES string of the molecule is Cc1ccc(N2C3CCC(C(=O)C3)C2c2ccc(N)cc2)cc1. The Balaban J connectivity index is 1.79. The summed E-state index contributed by atoms with van der Waals surface area (Å²) in [6, 6.07) is 17.2. The third kappa shape index (κ3) is 2.40. The quantitative estimate of drug-likeness (QED) is 0.857. The van der Waals surface area contributed by atoms with Gasteiger partial charge in [-0.05, 0) is 49.6 Å². The van der Waals surface area contributed by atoms with Crippen molar-refractivity contribution < 1.29 is 4.79 Å². The van der Waals surface area contributed by atoms with Gasteiger partial charge in [-0.2, -0.15) is 0 Å². The van der Waals surface area contributed by atoms with Crippen molar-refractivity contribution in [2.24, 2.45) is 5.92 Å². The van der Waals surface area contributed by atoms with Gasteiger partial charge in [0.1, 0.15) is 5.78 Å². The first-order chi connectivity index (χ1) is 11.1. The molecule has 23 heavy (non-hydrogen) atoms. The number of hydrogen-bond acceptors (Lipinski definition) is 3. The van der Waals surface area contributed by atoms with Crippen molar-refractivity contribution in [3.05, 3.63) is 59.7 Å².